The zero-order valence-corrected chi connectivity index (χ0v) is 12.8. The molecular formula is C14H14ClN3O2S. The number of carbonyl (C=O) groups is 2. The summed E-state index contributed by atoms with van der Waals surface area (Å²) in [5, 5.41) is 0. The fraction of sp³-hybridized carbons (Fsp3) is 0.286. The SMILES string of the molecule is O=C(c1cc[nH]c1)N1CCN(C(=O)c2ccc(Cl)s2)CC1. The Hall–Kier alpha value is -1.79. The Morgan fingerprint density at radius 2 is 1.71 bits per heavy atom. The molecule has 110 valence electrons. The first-order valence-electron chi connectivity index (χ1n) is 6.62. The van der Waals surface area contributed by atoms with Gasteiger partial charge in [0.15, 0.2) is 0 Å². The average Bonchev–Trinajstić information content (AvgIpc) is 3.17. The number of halogens is 1. The maximum Gasteiger partial charge on any atom is 0.264 e. The van der Waals surface area contributed by atoms with Gasteiger partial charge in [0.05, 0.1) is 14.8 Å². The summed E-state index contributed by atoms with van der Waals surface area (Å²) >= 11 is 7.14. The quantitative estimate of drug-likeness (QED) is 0.922. The predicted molar refractivity (Wildman–Crippen MR) is 81.9 cm³/mol. The van der Waals surface area contributed by atoms with Crippen LogP contribution in [-0.2, 0) is 0 Å². The largest absolute Gasteiger partial charge is 0.367 e. The van der Waals surface area contributed by atoms with Crippen LogP contribution in [0.25, 0.3) is 0 Å². The van der Waals surface area contributed by atoms with Gasteiger partial charge >= 0.3 is 0 Å². The van der Waals surface area contributed by atoms with Crippen molar-refractivity contribution in [3.8, 4) is 0 Å². The summed E-state index contributed by atoms with van der Waals surface area (Å²) in [5.74, 6) is -0.0110. The third-order valence-corrected chi connectivity index (χ3v) is 4.70. The number of hydrogen-bond acceptors (Lipinski definition) is 3. The van der Waals surface area contributed by atoms with Gasteiger partial charge in [-0.05, 0) is 18.2 Å². The normalized spacial score (nSPS) is 15.3. The molecule has 0 atom stereocenters. The minimum atomic E-state index is -0.0133. The summed E-state index contributed by atoms with van der Waals surface area (Å²) in [6, 6.07) is 5.23. The van der Waals surface area contributed by atoms with Crippen LogP contribution in [0.3, 0.4) is 0 Å². The second-order valence-corrected chi connectivity index (χ2v) is 6.50. The van der Waals surface area contributed by atoms with Crippen LogP contribution in [0.15, 0.2) is 30.6 Å². The second kappa shape index (κ2) is 5.91. The molecule has 1 saturated heterocycles. The van der Waals surface area contributed by atoms with E-state index in [0.29, 0.717) is 41.0 Å². The molecule has 0 aliphatic carbocycles. The smallest absolute Gasteiger partial charge is 0.264 e. The summed E-state index contributed by atoms with van der Waals surface area (Å²) < 4.78 is 0.611. The number of nitrogens with zero attached hydrogens (tertiary/aromatic N) is 2. The van der Waals surface area contributed by atoms with Crippen LogP contribution < -0.4 is 0 Å². The molecule has 1 fully saturated rings. The van der Waals surface area contributed by atoms with Crippen LogP contribution in [0, 0.1) is 0 Å². The number of H-pyrrole nitrogens is 1. The lowest BCUT2D eigenvalue weighted by Crippen LogP contribution is -2.50. The lowest BCUT2D eigenvalue weighted by atomic mass is 10.2. The molecule has 5 nitrogen and oxygen atoms in total. The van der Waals surface area contributed by atoms with Crippen molar-refractivity contribution in [2.75, 3.05) is 26.2 Å². The Kier molecular flexibility index (Phi) is 3.98. The molecule has 2 aromatic heterocycles. The number of aromatic nitrogens is 1. The van der Waals surface area contributed by atoms with Crippen molar-refractivity contribution >= 4 is 34.8 Å². The number of hydrogen-bond donors (Lipinski definition) is 1. The Bertz CT molecular complexity index is 645. The molecule has 1 N–H and O–H groups in total. The minimum absolute atomic E-state index is 0.00233. The lowest BCUT2D eigenvalue weighted by molar-refractivity contribution is 0.0538. The van der Waals surface area contributed by atoms with Gasteiger partial charge in [-0.25, -0.2) is 0 Å². The van der Waals surface area contributed by atoms with E-state index in [2.05, 4.69) is 4.98 Å². The number of nitrogens with one attached hydrogen (secondary N) is 1. The number of amides is 2. The van der Waals surface area contributed by atoms with Gasteiger partial charge in [0.25, 0.3) is 11.8 Å². The van der Waals surface area contributed by atoms with E-state index >= 15 is 0 Å². The Morgan fingerprint density at radius 3 is 2.24 bits per heavy atom. The molecule has 21 heavy (non-hydrogen) atoms. The fourth-order valence-corrected chi connectivity index (χ4v) is 3.35. The molecule has 2 amide bonds. The number of piperazine rings is 1. The van der Waals surface area contributed by atoms with E-state index in [4.69, 9.17) is 11.6 Å². The molecule has 1 aliphatic heterocycles. The van der Waals surface area contributed by atoms with Crippen molar-refractivity contribution < 1.29 is 9.59 Å². The molecular weight excluding hydrogens is 310 g/mol. The van der Waals surface area contributed by atoms with E-state index in [-0.39, 0.29) is 11.8 Å². The molecule has 0 bridgehead atoms. The summed E-state index contributed by atoms with van der Waals surface area (Å²) in [4.78, 5) is 31.5. The van der Waals surface area contributed by atoms with Crippen molar-refractivity contribution in [2.24, 2.45) is 0 Å². The highest BCUT2D eigenvalue weighted by Gasteiger charge is 2.26. The third-order valence-electron chi connectivity index (χ3n) is 3.48. The summed E-state index contributed by atoms with van der Waals surface area (Å²) in [7, 11) is 0. The van der Waals surface area contributed by atoms with Crippen LogP contribution in [0.5, 0.6) is 0 Å². The molecule has 0 saturated carbocycles. The summed E-state index contributed by atoms with van der Waals surface area (Å²) in [5.41, 5.74) is 0.653. The maximum atomic E-state index is 12.3. The Balaban J connectivity index is 1.60. The topological polar surface area (TPSA) is 56.4 Å². The van der Waals surface area contributed by atoms with E-state index in [0.717, 1.165) is 0 Å². The van der Waals surface area contributed by atoms with Crippen LogP contribution in [0.2, 0.25) is 4.34 Å². The van der Waals surface area contributed by atoms with Gasteiger partial charge in [-0.15, -0.1) is 11.3 Å². The molecule has 1 aliphatic rings. The van der Waals surface area contributed by atoms with E-state index in [1.165, 1.54) is 11.3 Å². The third kappa shape index (κ3) is 2.96. The van der Waals surface area contributed by atoms with Gasteiger partial charge in [-0.1, -0.05) is 11.6 Å². The van der Waals surface area contributed by atoms with Gasteiger partial charge in [-0.3, -0.25) is 9.59 Å². The van der Waals surface area contributed by atoms with Crippen molar-refractivity contribution in [3.05, 3.63) is 45.4 Å². The first-order valence-corrected chi connectivity index (χ1v) is 7.81. The van der Waals surface area contributed by atoms with Crippen molar-refractivity contribution in [1.29, 1.82) is 0 Å². The monoisotopic (exact) mass is 323 g/mol. The Morgan fingerprint density at radius 1 is 1.05 bits per heavy atom. The van der Waals surface area contributed by atoms with Crippen LogP contribution in [0.4, 0.5) is 0 Å². The molecule has 3 heterocycles. The van der Waals surface area contributed by atoms with Crippen molar-refractivity contribution in [3.63, 3.8) is 0 Å². The highest BCUT2D eigenvalue weighted by atomic mass is 35.5. The van der Waals surface area contributed by atoms with Gasteiger partial charge < -0.3 is 14.8 Å². The molecule has 7 heteroatoms. The van der Waals surface area contributed by atoms with Gasteiger partial charge in [0.2, 0.25) is 0 Å². The van der Waals surface area contributed by atoms with Crippen molar-refractivity contribution in [2.45, 2.75) is 0 Å². The van der Waals surface area contributed by atoms with Gasteiger partial charge in [0.1, 0.15) is 0 Å². The molecule has 3 rings (SSSR count). The molecule has 0 aromatic carbocycles. The first kappa shape index (κ1) is 14.2. The van der Waals surface area contributed by atoms with Crippen molar-refractivity contribution in [1.82, 2.24) is 14.8 Å². The van der Waals surface area contributed by atoms with Crippen LogP contribution >= 0.6 is 22.9 Å². The van der Waals surface area contributed by atoms with Gasteiger partial charge in [0, 0.05) is 38.6 Å². The number of rotatable bonds is 2. The molecule has 2 aromatic rings. The maximum absolute atomic E-state index is 12.3. The standard InChI is InChI=1S/C14H14ClN3O2S/c15-12-2-1-11(21-12)14(20)18-7-5-17(6-8-18)13(19)10-3-4-16-9-10/h1-4,9,16H,5-8H2. The molecule has 0 spiro atoms. The number of carbonyl (C=O) groups excluding carboxylic acids is 2. The lowest BCUT2D eigenvalue weighted by Gasteiger charge is -2.34. The first-order chi connectivity index (χ1) is 10.1. The van der Waals surface area contributed by atoms with Gasteiger partial charge in [-0.2, -0.15) is 0 Å². The van der Waals surface area contributed by atoms with Crippen LogP contribution in [0.1, 0.15) is 20.0 Å². The Labute approximate surface area is 131 Å². The molecule has 0 unspecified atom stereocenters. The summed E-state index contributed by atoms with van der Waals surface area (Å²) in [6.07, 6.45) is 3.42. The average molecular weight is 324 g/mol. The highest BCUT2D eigenvalue weighted by molar-refractivity contribution is 7.17. The van der Waals surface area contributed by atoms with E-state index in [9.17, 15) is 9.59 Å². The molecule has 0 radical (unpaired) electrons. The zero-order chi connectivity index (χ0) is 14.8. The second-order valence-electron chi connectivity index (χ2n) is 4.79. The number of thiophene rings is 1. The highest BCUT2D eigenvalue weighted by Crippen LogP contribution is 2.23. The van der Waals surface area contributed by atoms with E-state index in [1.54, 1.807) is 40.4 Å². The minimum Gasteiger partial charge on any atom is -0.367 e. The fourth-order valence-electron chi connectivity index (χ4n) is 2.34. The number of aromatic amines is 1. The van der Waals surface area contributed by atoms with E-state index in [1.807, 2.05) is 0 Å². The zero-order valence-electron chi connectivity index (χ0n) is 11.2. The predicted octanol–water partition coefficient (Wildman–Crippen LogP) is 2.33. The summed E-state index contributed by atoms with van der Waals surface area (Å²) in [6.45, 7) is 2.19. The van der Waals surface area contributed by atoms with E-state index < -0.39 is 0 Å². The van der Waals surface area contributed by atoms with Crippen LogP contribution in [-0.4, -0.2) is 52.8 Å².